The van der Waals surface area contributed by atoms with Gasteiger partial charge < -0.3 is 5.32 Å². The van der Waals surface area contributed by atoms with E-state index in [-0.39, 0.29) is 48.1 Å². The number of carbonyl (C=O) groups is 1. The van der Waals surface area contributed by atoms with Crippen LogP contribution in [0.5, 0.6) is 0 Å². The second-order valence-corrected chi connectivity index (χ2v) is 6.67. The van der Waals surface area contributed by atoms with Crippen LogP contribution in [0.4, 0.5) is 10.1 Å². The normalized spacial score (nSPS) is 16.4. The van der Waals surface area contributed by atoms with Crippen LogP contribution in [0.15, 0.2) is 48.5 Å². The molecule has 1 aliphatic heterocycles. The predicted octanol–water partition coefficient (Wildman–Crippen LogP) is 3.67. The number of carbonyl (C=O) groups excluding carboxylic acids is 1. The molecule has 1 atom stereocenters. The minimum atomic E-state index is -0.484. The van der Waals surface area contributed by atoms with Crippen LogP contribution in [0.3, 0.4) is 0 Å². The van der Waals surface area contributed by atoms with E-state index < -0.39 is 4.92 Å². The van der Waals surface area contributed by atoms with Crippen molar-refractivity contribution in [2.45, 2.75) is 18.9 Å². The van der Waals surface area contributed by atoms with Crippen LogP contribution in [0.2, 0.25) is 0 Å². The molecule has 9 heteroatoms. The summed E-state index contributed by atoms with van der Waals surface area (Å²) in [5.74, 6) is -0.252. The van der Waals surface area contributed by atoms with Gasteiger partial charge in [0.05, 0.1) is 4.92 Å². The van der Waals surface area contributed by atoms with Gasteiger partial charge in [0.25, 0.3) is 5.69 Å². The molecule has 0 amide bonds. The van der Waals surface area contributed by atoms with Crippen molar-refractivity contribution in [2.24, 2.45) is 0 Å². The van der Waals surface area contributed by atoms with Crippen molar-refractivity contribution in [3.63, 3.8) is 0 Å². The summed E-state index contributed by atoms with van der Waals surface area (Å²) in [6.45, 7) is 2.96. The highest BCUT2D eigenvalue weighted by atomic mass is 35.5. The van der Waals surface area contributed by atoms with E-state index in [1.165, 1.54) is 30.3 Å². The molecule has 29 heavy (non-hydrogen) atoms. The van der Waals surface area contributed by atoms with Gasteiger partial charge in [-0.05, 0) is 30.2 Å². The fourth-order valence-electron chi connectivity index (χ4n) is 3.37. The van der Waals surface area contributed by atoms with Gasteiger partial charge in [-0.15, -0.1) is 24.8 Å². The molecule has 1 N–H and O–H groups in total. The summed E-state index contributed by atoms with van der Waals surface area (Å²) in [5, 5.41) is 14.0. The van der Waals surface area contributed by atoms with Crippen LogP contribution in [0.1, 0.15) is 22.3 Å². The number of nitrogens with one attached hydrogen (secondary N) is 1. The third kappa shape index (κ3) is 6.75. The summed E-state index contributed by atoms with van der Waals surface area (Å²) in [5.41, 5.74) is 1.12. The van der Waals surface area contributed by atoms with Crippen molar-refractivity contribution >= 4 is 36.3 Å². The fraction of sp³-hybridized carbons (Fsp3) is 0.350. The van der Waals surface area contributed by atoms with Crippen LogP contribution in [-0.4, -0.2) is 47.8 Å². The van der Waals surface area contributed by atoms with Gasteiger partial charge >= 0.3 is 0 Å². The fourth-order valence-corrected chi connectivity index (χ4v) is 3.37. The molecule has 158 valence electrons. The van der Waals surface area contributed by atoms with E-state index in [9.17, 15) is 19.3 Å². The number of piperazine rings is 1. The van der Waals surface area contributed by atoms with E-state index in [1.807, 2.05) is 6.07 Å². The second kappa shape index (κ2) is 11.8. The molecular weight excluding hydrogens is 420 g/mol. The molecule has 0 saturated carbocycles. The monoisotopic (exact) mass is 443 g/mol. The number of nitro benzene ring substituents is 1. The van der Waals surface area contributed by atoms with Crippen LogP contribution < -0.4 is 5.32 Å². The zero-order valence-electron chi connectivity index (χ0n) is 15.8. The maximum absolute atomic E-state index is 14.0. The highest BCUT2D eigenvalue weighted by Crippen LogP contribution is 2.16. The molecule has 0 bridgehead atoms. The number of Topliss-reactive ketones (excluding diaryl/α,β-unsaturated/α-hetero) is 1. The Hall–Kier alpha value is -2.06. The van der Waals surface area contributed by atoms with Crippen molar-refractivity contribution < 1.29 is 14.1 Å². The quantitative estimate of drug-likeness (QED) is 0.401. The van der Waals surface area contributed by atoms with Crippen molar-refractivity contribution in [3.05, 3.63) is 75.6 Å². The topological polar surface area (TPSA) is 75.5 Å². The highest BCUT2D eigenvalue weighted by Gasteiger charge is 2.24. The minimum absolute atomic E-state index is 0. The lowest BCUT2D eigenvalue weighted by atomic mass is 10.0. The Morgan fingerprint density at radius 2 is 1.86 bits per heavy atom. The number of halogens is 3. The molecular formula is C20H24Cl2FN3O3. The Bertz CT molecular complexity index is 821. The third-order valence-corrected chi connectivity index (χ3v) is 4.91. The lowest BCUT2D eigenvalue weighted by molar-refractivity contribution is -0.384. The minimum Gasteiger partial charge on any atom is -0.314 e. The molecule has 1 aliphatic rings. The molecule has 0 aliphatic carbocycles. The van der Waals surface area contributed by atoms with E-state index in [0.29, 0.717) is 30.5 Å². The van der Waals surface area contributed by atoms with Gasteiger partial charge in [-0.1, -0.05) is 18.2 Å². The lowest BCUT2D eigenvalue weighted by Crippen LogP contribution is -2.52. The molecule has 6 nitrogen and oxygen atoms in total. The maximum Gasteiger partial charge on any atom is 0.269 e. The van der Waals surface area contributed by atoms with Gasteiger partial charge in [-0.25, -0.2) is 4.39 Å². The third-order valence-electron chi connectivity index (χ3n) is 4.91. The number of nitrogens with zero attached hydrogens (tertiary/aromatic N) is 2. The van der Waals surface area contributed by atoms with Crippen LogP contribution in [0, 0.1) is 15.9 Å². The van der Waals surface area contributed by atoms with Crippen LogP contribution >= 0.6 is 24.8 Å². The maximum atomic E-state index is 14.0. The summed E-state index contributed by atoms with van der Waals surface area (Å²) in [4.78, 5) is 24.9. The lowest BCUT2D eigenvalue weighted by Gasteiger charge is -2.36. The number of benzene rings is 2. The summed E-state index contributed by atoms with van der Waals surface area (Å²) in [6, 6.07) is 12.6. The van der Waals surface area contributed by atoms with E-state index in [4.69, 9.17) is 0 Å². The average Bonchev–Trinajstić information content (AvgIpc) is 2.69. The largest absolute Gasteiger partial charge is 0.314 e. The van der Waals surface area contributed by atoms with E-state index in [2.05, 4.69) is 10.2 Å². The average molecular weight is 444 g/mol. The first-order valence-electron chi connectivity index (χ1n) is 9.00. The summed E-state index contributed by atoms with van der Waals surface area (Å²) in [7, 11) is 0. The Kier molecular flexibility index (Phi) is 10.2. The zero-order chi connectivity index (χ0) is 19.2. The Morgan fingerprint density at radius 1 is 1.17 bits per heavy atom. The molecule has 3 rings (SSSR count). The number of nitro groups is 1. The van der Waals surface area contributed by atoms with Gasteiger partial charge in [0, 0.05) is 56.3 Å². The Labute approximate surface area is 181 Å². The van der Waals surface area contributed by atoms with Gasteiger partial charge in [-0.3, -0.25) is 19.8 Å². The first-order valence-corrected chi connectivity index (χ1v) is 9.00. The van der Waals surface area contributed by atoms with Gasteiger partial charge in [-0.2, -0.15) is 0 Å². The SMILES string of the molecule is Cl.Cl.O=C(CCN1CCNCC1Cc1ccccc1F)c1ccc([N+](=O)[O-])cc1. The van der Waals surface area contributed by atoms with Crippen molar-refractivity contribution in [3.8, 4) is 0 Å². The summed E-state index contributed by atoms with van der Waals surface area (Å²) < 4.78 is 14.0. The number of ketones is 1. The molecule has 0 spiro atoms. The van der Waals surface area contributed by atoms with Crippen LogP contribution in [0.25, 0.3) is 0 Å². The number of rotatable bonds is 7. The van der Waals surface area contributed by atoms with Crippen molar-refractivity contribution in [1.29, 1.82) is 0 Å². The molecule has 2 aromatic rings. The highest BCUT2D eigenvalue weighted by molar-refractivity contribution is 5.96. The molecule has 2 aromatic carbocycles. The van der Waals surface area contributed by atoms with Crippen molar-refractivity contribution in [2.75, 3.05) is 26.2 Å². The molecule has 1 heterocycles. The molecule has 0 radical (unpaired) electrons. The van der Waals surface area contributed by atoms with E-state index in [0.717, 1.165) is 19.6 Å². The molecule has 1 saturated heterocycles. The molecule has 1 fully saturated rings. The van der Waals surface area contributed by atoms with Gasteiger partial charge in [0.15, 0.2) is 5.78 Å². The number of hydrogen-bond acceptors (Lipinski definition) is 5. The van der Waals surface area contributed by atoms with Crippen LogP contribution in [-0.2, 0) is 6.42 Å². The second-order valence-electron chi connectivity index (χ2n) is 6.67. The predicted molar refractivity (Wildman–Crippen MR) is 115 cm³/mol. The summed E-state index contributed by atoms with van der Waals surface area (Å²) in [6.07, 6.45) is 0.914. The first-order chi connectivity index (χ1) is 13.0. The zero-order valence-corrected chi connectivity index (χ0v) is 17.4. The standard InChI is InChI=1S/C20H22FN3O3.2ClH/c21-19-4-2-1-3-16(19)13-18-14-22-10-12-23(18)11-9-20(25)15-5-7-17(8-6-15)24(26)27;;/h1-8,18,22H,9-14H2;2*1H. The number of hydrogen-bond donors (Lipinski definition) is 1. The van der Waals surface area contributed by atoms with Crippen molar-refractivity contribution in [1.82, 2.24) is 10.2 Å². The van der Waals surface area contributed by atoms with E-state index in [1.54, 1.807) is 12.1 Å². The first kappa shape index (κ1) is 25.0. The molecule has 1 unspecified atom stereocenters. The van der Waals surface area contributed by atoms with Gasteiger partial charge in [0.2, 0.25) is 0 Å². The Balaban J connectivity index is 0.00000210. The Morgan fingerprint density at radius 3 is 2.52 bits per heavy atom. The van der Waals surface area contributed by atoms with Gasteiger partial charge in [0.1, 0.15) is 5.82 Å². The number of non-ortho nitro benzene ring substituents is 1. The van der Waals surface area contributed by atoms with E-state index >= 15 is 0 Å². The molecule has 0 aromatic heterocycles. The summed E-state index contributed by atoms with van der Waals surface area (Å²) >= 11 is 0. The smallest absolute Gasteiger partial charge is 0.269 e.